The van der Waals surface area contributed by atoms with Crippen LogP contribution >= 0.6 is 22.9 Å². The summed E-state index contributed by atoms with van der Waals surface area (Å²) in [5, 5.41) is 2.25. The predicted molar refractivity (Wildman–Crippen MR) is 126 cm³/mol. The summed E-state index contributed by atoms with van der Waals surface area (Å²) in [7, 11) is 0. The second-order valence-electron chi connectivity index (χ2n) is 7.10. The van der Waals surface area contributed by atoms with E-state index in [9.17, 15) is 14.4 Å². The van der Waals surface area contributed by atoms with Gasteiger partial charge in [0, 0.05) is 17.3 Å². The monoisotopic (exact) mass is 453 g/mol. The molecular formula is C23H20ClN3O3S. The van der Waals surface area contributed by atoms with E-state index >= 15 is 0 Å². The van der Waals surface area contributed by atoms with Crippen molar-refractivity contribution in [2.75, 3.05) is 11.4 Å². The topological polar surface area (TPSA) is 64.3 Å². The molecule has 2 heterocycles. The maximum Gasteiger partial charge on any atom is 0.336 e. The molecule has 0 aliphatic carbocycles. The van der Waals surface area contributed by atoms with E-state index in [2.05, 4.69) is 0 Å². The fraction of sp³-hybridized carbons (Fsp3) is 0.174. The quantitative estimate of drug-likeness (QED) is 0.454. The van der Waals surface area contributed by atoms with Gasteiger partial charge in [0.15, 0.2) is 0 Å². The van der Waals surface area contributed by atoms with E-state index in [4.69, 9.17) is 11.6 Å². The summed E-state index contributed by atoms with van der Waals surface area (Å²) in [4.78, 5) is 41.2. The van der Waals surface area contributed by atoms with Crippen LogP contribution in [0.25, 0.3) is 15.9 Å². The van der Waals surface area contributed by atoms with Crippen molar-refractivity contribution in [2.24, 2.45) is 0 Å². The molecule has 0 N–H and O–H groups in total. The van der Waals surface area contributed by atoms with Crippen LogP contribution < -0.4 is 16.1 Å². The number of hydrogen-bond acceptors (Lipinski definition) is 4. The normalized spacial score (nSPS) is 11.1. The molecule has 4 rings (SSSR count). The van der Waals surface area contributed by atoms with E-state index in [0.717, 1.165) is 15.8 Å². The van der Waals surface area contributed by atoms with Crippen LogP contribution in [0.1, 0.15) is 12.5 Å². The van der Waals surface area contributed by atoms with Crippen LogP contribution in [0, 0.1) is 6.92 Å². The average molecular weight is 454 g/mol. The third kappa shape index (κ3) is 3.94. The van der Waals surface area contributed by atoms with E-state index in [1.807, 2.05) is 38.1 Å². The van der Waals surface area contributed by atoms with Gasteiger partial charge in [0.05, 0.1) is 11.2 Å². The Hall–Kier alpha value is -3.16. The molecule has 0 spiro atoms. The van der Waals surface area contributed by atoms with Crippen LogP contribution in [0.15, 0.2) is 69.6 Å². The van der Waals surface area contributed by atoms with Gasteiger partial charge in [-0.2, -0.15) is 0 Å². The fourth-order valence-corrected chi connectivity index (χ4v) is 4.53. The first-order chi connectivity index (χ1) is 14.9. The van der Waals surface area contributed by atoms with Crippen molar-refractivity contribution < 1.29 is 4.79 Å². The van der Waals surface area contributed by atoms with Crippen LogP contribution in [0.5, 0.6) is 0 Å². The molecule has 6 nitrogen and oxygen atoms in total. The molecule has 0 unspecified atom stereocenters. The smallest absolute Gasteiger partial charge is 0.311 e. The lowest BCUT2D eigenvalue weighted by atomic mass is 10.2. The summed E-state index contributed by atoms with van der Waals surface area (Å²) in [6.07, 6.45) is 0. The lowest BCUT2D eigenvalue weighted by molar-refractivity contribution is -0.119. The standard InChI is InChI=1S/C23H20ClN3O3S/c1-3-25(18-6-4-5-15(2)13-18)20(28)14-26-19-11-12-31-21(19)22(29)27(23(26)30)17-9-7-16(24)8-10-17/h4-13H,3,14H2,1-2H3. The van der Waals surface area contributed by atoms with E-state index < -0.39 is 11.2 Å². The molecule has 8 heteroatoms. The van der Waals surface area contributed by atoms with Crippen molar-refractivity contribution >= 4 is 44.7 Å². The Morgan fingerprint density at radius 3 is 2.52 bits per heavy atom. The van der Waals surface area contributed by atoms with E-state index in [1.165, 1.54) is 15.9 Å². The molecule has 2 aromatic heterocycles. The number of hydrogen-bond donors (Lipinski definition) is 0. The average Bonchev–Trinajstić information content (AvgIpc) is 3.23. The molecule has 0 fully saturated rings. The fourth-order valence-electron chi connectivity index (χ4n) is 3.58. The van der Waals surface area contributed by atoms with Gasteiger partial charge in [0.1, 0.15) is 11.2 Å². The highest BCUT2D eigenvalue weighted by molar-refractivity contribution is 7.17. The van der Waals surface area contributed by atoms with Gasteiger partial charge in [0.25, 0.3) is 5.56 Å². The minimum atomic E-state index is -0.563. The Kier molecular flexibility index (Phi) is 5.80. The zero-order chi connectivity index (χ0) is 22.1. The summed E-state index contributed by atoms with van der Waals surface area (Å²) < 4.78 is 2.87. The molecule has 1 amide bonds. The minimum absolute atomic E-state index is 0.179. The Morgan fingerprint density at radius 2 is 1.84 bits per heavy atom. The summed E-state index contributed by atoms with van der Waals surface area (Å²) in [5.41, 5.74) is 1.70. The van der Waals surface area contributed by atoms with Gasteiger partial charge in [0.2, 0.25) is 5.91 Å². The highest BCUT2D eigenvalue weighted by atomic mass is 35.5. The van der Waals surface area contributed by atoms with Gasteiger partial charge in [-0.15, -0.1) is 11.3 Å². The largest absolute Gasteiger partial charge is 0.336 e. The first-order valence-corrected chi connectivity index (χ1v) is 11.0. The van der Waals surface area contributed by atoms with Crippen LogP contribution in [0.2, 0.25) is 5.02 Å². The first kappa shape index (κ1) is 21.1. The lowest BCUT2D eigenvalue weighted by Gasteiger charge is -2.22. The zero-order valence-electron chi connectivity index (χ0n) is 17.0. The number of carbonyl (C=O) groups excluding carboxylic acids is 1. The first-order valence-electron chi connectivity index (χ1n) is 9.76. The molecule has 0 atom stereocenters. The number of thiophene rings is 1. The third-order valence-electron chi connectivity index (χ3n) is 5.06. The van der Waals surface area contributed by atoms with E-state index in [0.29, 0.717) is 27.5 Å². The van der Waals surface area contributed by atoms with Gasteiger partial charge >= 0.3 is 5.69 Å². The number of aromatic nitrogens is 2. The number of likely N-dealkylation sites (N-methyl/N-ethyl adjacent to an activating group) is 1. The molecule has 0 radical (unpaired) electrons. The number of aryl methyl sites for hydroxylation is 1. The summed E-state index contributed by atoms with van der Waals surface area (Å²) in [5.74, 6) is -0.232. The van der Waals surface area contributed by atoms with Crippen LogP contribution in [-0.4, -0.2) is 21.6 Å². The number of anilines is 1. The van der Waals surface area contributed by atoms with Gasteiger partial charge in [-0.3, -0.25) is 14.2 Å². The molecular weight excluding hydrogens is 434 g/mol. The van der Waals surface area contributed by atoms with Crippen LogP contribution in [0.4, 0.5) is 5.69 Å². The number of rotatable bonds is 5. The summed E-state index contributed by atoms with van der Waals surface area (Å²) in [6.45, 7) is 4.13. The SMILES string of the molecule is CCN(C(=O)Cn1c(=O)n(-c2ccc(Cl)cc2)c(=O)c2sccc21)c1cccc(C)c1. The van der Waals surface area contributed by atoms with E-state index in [-0.39, 0.29) is 12.5 Å². The molecule has 0 bridgehead atoms. The lowest BCUT2D eigenvalue weighted by Crippen LogP contribution is -2.42. The molecule has 4 aromatic rings. The number of benzene rings is 2. The summed E-state index contributed by atoms with van der Waals surface area (Å²) >= 11 is 7.20. The highest BCUT2D eigenvalue weighted by Crippen LogP contribution is 2.19. The maximum absolute atomic E-state index is 13.4. The summed E-state index contributed by atoms with van der Waals surface area (Å²) in [6, 6.07) is 15.8. The molecule has 0 saturated heterocycles. The molecule has 0 saturated carbocycles. The zero-order valence-corrected chi connectivity index (χ0v) is 18.6. The van der Waals surface area contributed by atoms with Crippen molar-refractivity contribution in [1.29, 1.82) is 0 Å². The number of nitrogens with zero attached hydrogens (tertiary/aromatic N) is 3. The number of halogens is 1. The maximum atomic E-state index is 13.4. The van der Waals surface area contributed by atoms with Crippen molar-refractivity contribution in [3.05, 3.63) is 91.4 Å². The van der Waals surface area contributed by atoms with Crippen LogP contribution in [0.3, 0.4) is 0 Å². The van der Waals surface area contributed by atoms with Crippen molar-refractivity contribution in [2.45, 2.75) is 20.4 Å². The Bertz CT molecular complexity index is 1390. The van der Waals surface area contributed by atoms with Crippen molar-refractivity contribution in [1.82, 2.24) is 9.13 Å². The molecule has 0 aliphatic heterocycles. The molecule has 158 valence electrons. The molecule has 31 heavy (non-hydrogen) atoms. The second kappa shape index (κ2) is 8.53. The highest BCUT2D eigenvalue weighted by Gasteiger charge is 2.20. The number of amides is 1. The third-order valence-corrected chi connectivity index (χ3v) is 6.21. The van der Waals surface area contributed by atoms with Gasteiger partial charge < -0.3 is 4.90 Å². The van der Waals surface area contributed by atoms with Crippen molar-refractivity contribution in [3.8, 4) is 5.69 Å². The minimum Gasteiger partial charge on any atom is -0.311 e. The Labute approximate surface area is 187 Å². The van der Waals surface area contributed by atoms with Gasteiger partial charge in [-0.25, -0.2) is 9.36 Å². The molecule has 2 aromatic carbocycles. The number of carbonyl (C=O) groups is 1. The Balaban J connectivity index is 1.83. The van der Waals surface area contributed by atoms with E-state index in [1.54, 1.807) is 40.6 Å². The van der Waals surface area contributed by atoms with Gasteiger partial charge in [-0.1, -0.05) is 23.7 Å². The van der Waals surface area contributed by atoms with Crippen LogP contribution in [-0.2, 0) is 11.3 Å². The van der Waals surface area contributed by atoms with Gasteiger partial charge in [-0.05, 0) is 67.3 Å². The number of fused-ring (bicyclic) bond motifs is 1. The molecule has 0 aliphatic rings. The van der Waals surface area contributed by atoms with Crippen molar-refractivity contribution in [3.63, 3.8) is 0 Å². The predicted octanol–water partition coefficient (Wildman–Crippen LogP) is 4.23. The second-order valence-corrected chi connectivity index (χ2v) is 8.45. The Morgan fingerprint density at radius 1 is 1.10 bits per heavy atom.